The SMILES string of the molecule is COC(=O)[C@@H](C)C[C@H](Cc1ccccc1)NC(=O)c1csc([C@@H](C[C@H](C(C)C)N(C)C(=O)[C@@H](CC(=O)C23CC(C)(C2)C3)C2CC2)OC(C)=O)n1. The Kier molecular flexibility index (Phi) is 11.5. The van der Waals surface area contributed by atoms with Crippen molar-refractivity contribution >= 4 is 40.9 Å². The first-order valence-corrected chi connectivity index (χ1v) is 18.9. The van der Waals surface area contributed by atoms with E-state index in [4.69, 9.17) is 9.47 Å². The minimum atomic E-state index is -0.774. The molecule has 1 aromatic carbocycles. The normalized spacial score (nSPS) is 23.7. The Hall–Kier alpha value is -3.60. The van der Waals surface area contributed by atoms with E-state index in [1.807, 2.05) is 44.2 Å². The van der Waals surface area contributed by atoms with Crippen molar-refractivity contribution in [3.63, 3.8) is 0 Å². The molecule has 11 heteroatoms. The maximum absolute atomic E-state index is 14.1. The summed E-state index contributed by atoms with van der Waals surface area (Å²) in [5, 5.41) is 5.16. The molecule has 2 bridgehead atoms. The van der Waals surface area contributed by atoms with E-state index in [1.54, 1.807) is 24.3 Å². The number of nitrogens with zero attached hydrogens (tertiary/aromatic N) is 2. The number of nitrogens with one attached hydrogen (secondary N) is 1. The highest BCUT2D eigenvalue weighted by Crippen LogP contribution is 2.73. The summed E-state index contributed by atoms with van der Waals surface area (Å²) in [5.41, 5.74) is 1.33. The quantitative estimate of drug-likeness (QED) is 0.178. The molecule has 0 unspecified atom stereocenters. The standard InChI is InChI=1S/C39H53N3O7S/c1-23(2)31(42(6)36(46)29(27-13-14-27)17-33(44)39-20-38(5,21-39)22-39)18-32(49-25(4)43)35-41-30(19-50-35)34(45)40-28(15-24(3)37(47)48-7)16-26-11-9-8-10-12-26/h8-12,19,23-24,27-29,31-32H,13-18,20-22H2,1-7H3,(H,40,45)/t24-,28+,29-,31+,32+,38?,39?/m0/s1. The molecule has 6 rings (SSSR count). The topological polar surface area (TPSA) is 132 Å². The van der Waals surface area contributed by atoms with E-state index in [2.05, 4.69) is 17.2 Å². The molecule has 0 spiro atoms. The van der Waals surface area contributed by atoms with Gasteiger partial charge in [-0.25, -0.2) is 4.98 Å². The summed E-state index contributed by atoms with van der Waals surface area (Å²) < 4.78 is 10.7. The Morgan fingerprint density at radius 3 is 2.26 bits per heavy atom. The number of amides is 2. The predicted molar refractivity (Wildman–Crippen MR) is 190 cm³/mol. The number of thiazole rings is 1. The average Bonchev–Trinajstić information content (AvgIpc) is 3.76. The number of methoxy groups -OCH3 is 1. The van der Waals surface area contributed by atoms with Gasteiger partial charge in [0.05, 0.1) is 13.0 Å². The van der Waals surface area contributed by atoms with Crippen molar-refractivity contribution in [1.82, 2.24) is 15.2 Å². The second kappa shape index (κ2) is 15.3. The molecule has 272 valence electrons. The highest BCUT2D eigenvalue weighted by Gasteiger charge is 2.68. The molecule has 1 aromatic heterocycles. The summed E-state index contributed by atoms with van der Waals surface area (Å²) in [5.74, 6) is -1.50. The highest BCUT2D eigenvalue weighted by molar-refractivity contribution is 7.09. The third kappa shape index (κ3) is 8.64. The molecule has 2 aromatic rings. The highest BCUT2D eigenvalue weighted by atomic mass is 32.1. The van der Waals surface area contributed by atoms with Gasteiger partial charge < -0.3 is 19.7 Å². The first kappa shape index (κ1) is 37.7. The summed E-state index contributed by atoms with van der Waals surface area (Å²) in [6.07, 6.45) is 5.50. The van der Waals surface area contributed by atoms with E-state index in [9.17, 15) is 24.0 Å². The number of rotatable bonds is 18. The molecule has 4 aliphatic rings. The van der Waals surface area contributed by atoms with Crippen LogP contribution in [0, 0.1) is 34.5 Å². The van der Waals surface area contributed by atoms with Crippen LogP contribution in [-0.4, -0.2) is 65.7 Å². The van der Waals surface area contributed by atoms with Gasteiger partial charge in [-0.2, -0.15) is 0 Å². The predicted octanol–water partition coefficient (Wildman–Crippen LogP) is 6.34. The first-order chi connectivity index (χ1) is 23.6. The molecule has 5 atom stereocenters. The summed E-state index contributed by atoms with van der Waals surface area (Å²) in [6, 6.07) is 9.07. The number of benzene rings is 1. The van der Waals surface area contributed by atoms with Gasteiger partial charge in [0.2, 0.25) is 5.91 Å². The third-order valence-electron chi connectivity index (χ3n) is 11.1. The summed E-state index contributed by atoms with van der Waals surface area (Å²) in [7, 11) is 3.14. The lowest BCUT2D eigenvalue weighted by Crippen LogP contribution is -2.64. The molecule has 0 saturated heterocycles. The lowest BCUT2D eigenvalue weighted by molar-refractivity contribution is -0.198. The van der Waals surface area contributed by atoms with Gasteiger partial charge >= 0.3 is 11.9 Å². The van der Waals surface area contributed by atoms with E-state index in [0.29, 0.717) is 36.1 Å². The van der Waals surface area contributed by atoms with E-state index in [0.717, 1.165) is 37.7 Å². The zero-order chi connectivity index (χ0) is 36.4. The van der Waals surface area contributed by atoms with Gasteiger partial charge in [0.15, 0.2) is 6.10 Å². The number of ether oxygens (including phenoxy) is 2. The van der Waals surface area contributed by atoms with E-state index < -0.39 is 23.9 Å². The van der Waals surface area contributed by atoms with Crippen molar-refractivity contribution in [2.45, 2.75) is 111 Å². The maximum atomic E-state index is 14.1. The average molecular weight is 708 g/mol. The third-order valence-corrected chi connectivity index (χ3v) is 12.0. The zero-order valence-electron chi connectivity index (χ0n) is 30.5. The van der Waals surface area contributed by atoms with Gasteiger partial charge in [-0.1, -0.05) is 58.0 Å². The van der Waals surface area contributed by atoms with Gasteiger partial charge in [-0.05, 0) is 67.8 Å². The van der Waals surface area contributed by atoms with Crippen LogP contribution in [0.5, 0.6) is 0 Å². The molecule has 4 aliphatic carbocycles. The first-order valence-electron chi connectivity index (χ1n) is 18.0. The number of esters is 2. The lowest BCUT2D eigenvalue weighted by atomic mass is 9.34. The van der Waals surface area contributed by atoms with Crippen LogP contribution in [0.2, 0.25) is 0 Å². The molecule has 4 fully saturated rings. The van der Waals surface area contributed by atoms with Crippen molar-refractivity contribution in [3.05, 3.63) is 52.0 Å². The fourth-order valence-electron chi connectivity index (χ4n) is 8.50. The molecule has 1 N–H and O–H groups in total. The van der Waals surface area contributed by atoms with E-state index >= 15 is 0 Å². The van der Waals surface area contributed by atoms with Crippen LogP contribution in [-0.2, 0) is 35.1 Å². The monoisotopic (exact) mass is 707 g/mol. The number of hydrogen-bond acceptors (Lipinski definition) is 9. The molecule has 1 heterocycles. The van der Waals surface area contributed by atoms with Crippen molar-refractivity contribution in [1.29, 1.82) is 0 Å². The molecular weight excluding hydrogens is 655 g/mol. The molecule has 4 saturated carbocycles. The Morgan fingerprint density at radius 1 is 1.04 bits per heavy atom. The van der Waals surface area contributed by atoms with Crippen LogP contribution in [0.1, 0.15) is 113 Å². The summed E-state index contributed by atoms with van der Waals surface area (Å²) in [4.78, 5) is 72.0. The fourth-order valence-corrected chi connectivity index (χ4v) is 9.34. The van der Waals surface area contributed by atoms with Crippen LogP contribution >= 0.6 is 11.3 Å². The van der Waals surface area contributed by atoms with Crippen LogP contribution < -0.4 is 5.32 Å². The number of aromatic nitrogens is 1. The minimum Gasteiger partial charge on any atom is -0.469 e. The van der Waals surface area contributed by atoms with Crippen LogP contribution in [0.3, 0.4) is 0 Å². The largest absolute Gasteiger partial charge is 0.469 e. The van der Waals surface area contributed by atoms with Gasteiger partial charge in [0.25, 0.3) is 5.91 Å². The Morgan fingerprint density at radius 2 is 1.70 bits per heavy atom. The Balaban J connectivity index is 1.28. The minimum absolute atomic E-state index is 0.0217. The second-order valence-electron chi connectivity index (χ2n) is 15.9. The molecule has 50 heavy (non-hydrogen) atoms. The van der Waals surface area contributed by atoms with Crippen molar-refractivity contribution in [2.75, 3.05) is 14.2 Å². The second-order valence-corrected chi connectivity index (χ2v) is 16.8. The fraction of sp³-hybridized carbons (Fsp3) is 0.641. The number of ketones is 1. The lowest BCUT2D eigenvalue weighted by Gasteiger charge is -2.68. The van der Waals surface area contributed by atoms with Crippen LogP contribution in [0.15, 0.2) is 35.7 Å². The van der Waals surface area contributed by atoms with Gasteiger partial charge in [0.1, 0.15) is 16.5 Å². The number of carbonyl (C=O) groups excluding carboxylic acids is 5. The van der Waals surface area contributed by atoms with Crippen molar-refractivity contribution in [2.24, 2.45) is 34.5 Å². The molecule has 10 nitrogen and oxygen atoms in total. The van der Waals surface area contributed by atoms with Crippen LogP contribution in [0.4, 0.5) is 0 Å². The van der Waals surface area contributed by atoms with Gasteiger partial charge in [0, 0.05) is 55.6 Å². The maximum Gasteiger partial charge on any atom is 0.308 e. The van der Waals surface area contributed by atoms with Gasteiger partial charge in [-0.15, -0.1) is 11.3 Å². The van der Waals surface area contributed by atoms with Gasteiger partial charge in [-0.3, -0.25) is 24.0 Å². The molecule has 2 amide bonds. The molecular formula is C39H53N3O7S. The number of carbonyl (C=O) groups is 5. The van der Waals surface area contributed by atoms with Crippen molar-refractivity contribution in [3.8, 4) is 0 Å². The Labute approximate surface area is 300 Å². The molecule has 0 radical (unpaired) electrons. The van der Waals surface area contributed by atoms with Crippen molar-refractivity contribution < 1.29 is 33.4 Å². The number of hydrogen-bond donors (Lipinski definition) is 1. The Bertz CT molecular complexity index is 1550. The van der Waals surface area contributed by atoms with Crippen LogP contribution in [0.25, 0.3) is 0 Å². The number of Topliss-reactive ketones (excluding diaryl/α,β-unsaturated/α-hetero) is 1. The summed E-state index contributed by atoms with van der Waals surface area (Å²) in [6.45, 7) is 9.41. The van der Waals surface area contributed by atoms with E-state index in [-0.39, 0.29) is 58.6 Å². The zero-order valence-corrected chi connectivity index (χ0v) is 31.3. The summed E-state index contributed by atoms with van der Waals surface area (Å²) >= 11 is 1.23. The van der Waals surface area contributed by atoms with E-state index in [1.165, 1.54) is 25.4 Å². The smallest absolute Gasteiger partial charge is 0.308 e. The molecule has 0 aliphatic heterocycles.